The van der Waals surface area contributed by atoms with Gasteiger partial charge in [0.1, 0.15) is 0 Å². The zero-order chi connectivity index (χ0) is 13.2. The van der Waals surface area contributed by atoms with Crippen LogP contribution >= 0.6 is 0 Å². The van der Waals surface area contributed by atoms with Gasteiger partial charge in [0, 0.05) is 31.2 Å². The summed E-state index contributed by atoms with van der Waals surface area (Å²) in [6.45, 7) is 7.91. The second kappa shape index (κ2) is 5.57. The topological polar surface area (TPSA) is 35.6 Å². The Labute approximate surface area is 111 Å². The average molecular weight is 253 g/mol. The van der Waals surface area contributed by atoms with E-state index in [0.29, 0.717) is 18.5 Å². The van der Waals surface area contributed by atoms with Crippen LogP contribution in [0.2, 0.25) is 0 Å². The molecule has 18 heavy (non-hydrogen) atoms. The fourth-order valence-corrected chi connectivity index (χ4v) is 2.76. The first kappa shape index (κ1) is 13.8. The Bertz CT molecular complexity index is 293. The molecular weight excluding hydrogens is 226 g/mol. The molecule has 0 spiro atoms. The van der Waals surface area contributed by atoms with Crippen LogP contribution in [0, 0.1) is 0 Å². The van der Waals surface area contributed by atoms with Crippen LogP contribution in [0.3, 0.4) is 0 Å². The number of nitrogens with zero attached hydrogens (tertiary/aromatic N) is 2. The lowest BCUT2D eigenvalue weighted by atomic mass is 9.90. The smallest absolute Gasteiger partial charge is 0.236 e. The summed E-state index contributed by atoms with van der Waals surface area (Å²) in [7, 11) is 2.03. The maximum atomic E-state index is 12.2. The van der Waals surface area contributed by atoms with Crippen molar-refractivity contribution in [2.75, 3.05) is 33.2 Å². The van der Waals surface area contributed by atoms with E-state index in [1.807, 2.05) is 7.05 Å². The van der Waals surface area contributed by atoms with Gasteiger partial charge in [0.25, 0.3) is 0 Å². The predicted octanol–water partition coefficient (Wildman–Crippen LogP) is 1.07. The van der Waals surface area contributed by atoms with Crippen molar-refractivity contribution in [2.45, 2.75) is 51.1 Å². The van der Waals surface area contributed by atoms with Crippen LogP contribution in [0.4, 0.5) is 0 Å². The molecular formula is C14H27N3O. The van der Waals surface area contributed by atoms with E-state index in [4.69, 9.17) is 0 Å². The Balaban J connectivity index is 1.78. The summed E-state index contributed by atoms with van der Waals surface area (Å²) in [6, 6.07) is 0.551. The number of likely N-dealkylation sites (tertiary alicyclic amines) is 1. The minimum absolute atomic E-state index is 0.264. The van der Waals surface area contributed by atoms with Crippen molar-refractivity contribution in [2.24, 2.45) is 0 Å². The standard InChI is InChI=1S/C14H27N3O/c1-4-17(12-5-6-12)13(18)11-16-9-7-14(2,15-3)8-10-16/h12,15H,4-11H2,1-3H3. The highest BCUT2D eigenvalue weighted by Crippen LogP contribution is 2.27. The Hall–Kier alpha value is -0.610. The molecule has 1 aliphatic carbocycles. The van der Waals surface area contributed by atoms with Crippen molar-refractivity contribution >= 4 is 5.91 Å². The average Bonchev–Trinajstić information content (AvgIpc) is 3.18. The molecule has 2 aliphatic rings. The first-order chi connectivity index (χ1) is 8.58. The minimum Gasteiger partial charge on any atom is -0.339 e. The minimum atomic E-state index is 0.264. The largest absolute Gasteiger partial charge is 0.339 e. The Morgan fingerprint density at radius 2 is 2.00 bits per heavy atom. The van der Waals surface area contributed by atoms with Crippen LogP contribution in [0.25, 0.3) is 0 Å². The summed E-state index contributed by atoms with van der Waals surface area (Å²) in [5.41, 5.74) is 0.264. The van der Waals surface area contributed by atoms with E-state index < -0.39 is 0 Å². The second-order valence-electron chi connectivity index (χ2n) is 6.00. The van der Waals surface area contributed by atoms with Gasteiger partial charge in [0.05, 0.1) is 6.54 Å². The highest BCUT2D eigenvalue weighted by Gasteiger charge is 2.33. The lowest BCUT2D eigenvalue weighted by Gasteiger charge is -2.39. The lowest BCUT2D eigenvalue weighted by molar-refractivity contribution is -0.133. The molecule has 0 aromatic carbocycles. The molecule has 0 aromatic heterocycles. The van der Waals surface area contributed by atoms with Gasteiger partial charge in [-0.1, -0.05) is 0 Å². The van der Waals surface area contributed by atoms with Crippen LogP contribution in [0.1, 0.15) is 39.5 Å². The molecule has 1 amide bonds. The molecule has 0 bridgehead atoms. The fraction of sp³-hybridized carbons (Fsp3) is 0.929. The quantitative estimate of drug-likeness (QED) is 0.796. The van der Waals surface area contributed by atoms with Crippen LogP contribution in [0.5, 0.6) is 0 Å². The van der Waals surface area contributed by atoms with Gasteiger partial charge in [-0.05, 0) is 46.6 Å². The molecule has 1 aliphatic heterocycles. The summed E-state index contributed by atoms with van der Waals surface area (Å²) in [5, 5.41) is 3.39. The Kier molecular flexibility index (Phi) is 4.28. The number of hydrogen-bond donors (Lipinski definition) is 1. The first-order valence-corrected chi connectivity index (χ1v) is 7.29. The summed E-state index contributed by atoms with van der Waals surface area (Å²) in [6.07, 6.45) is 4.67. The number of rotatable bonds is 5. The number of carbonyl (C=O) groups is 1. The van der Waals surface area contributed by atoms with E-state index in [2.05, 4.69) is 29.0 Å². The molecule has 2 fully saturated rings. The molecule has 1 saturated heterocycles. The zero-order valence-corrected chi connectivity index (χ0v) is 12.0. The normalized spacial score (nSPS) is 23.9. The molecule has 0 radical (unpaired) electrons. The van der Waals surface area contributed by atoms with Crippen molar-refractivity contribution in [1.82, 2.24) is 15.1 Å². The van der Waals surface area contributed by atoms with Gasteiger partial charge in [-0.2, -0.15) is 0 Å². The van der Waals surface area contributed by atoms with E-state index in [1.54, 1.807) is 0 Å². The number of carbonyl (C=O) groups excluding carboxylic acids is 1. The van der Waals surface area contributed by atoms with Gasteiger partial charge in [0.15, 0.2) is 0 Å². The van der Waals surface area contributed by atoms with Gasteiger partial charge in [0.2, 0.25) is 5.91 Å². The zero-order valence-electron chi connectivity index (χ0n) is 12.0. The van der Waals surface area contributed by atoms with Crippen molar-refractivity contribution in [3.63, 3.8) is 0 Å². The number of piperidine rings is 1. The van der Waals surface area contributed by atoms with Gasteiger partial charge in [-0.3, -0.25) is 9.69 Å². The molecule has 1 N–H and O–H groups in total. The van der Waals surface area contributed by atoms with Crippen LogP contribution in [-0.2, 0) is 4.79 Å². The third kappa shape index (κ3) is 3.23. The van der Waals surface area contributed by atoms with Crippen LogP contribution in [-0.4, -0.2) is 60.5 Å². The molecule has 4 heteroatoms. The van der Waals surface area contributed by atoms with Gasteiger partial charge >= 0.3 is 0 Å². The van der Waals surface area contributed by atoms with Gasteiger partial charge in [-0.25, -0.2) is 0 Å². The van der Waals surface area contributed by atoms with Gasteiger partial charge in [-0.15, -0.1) is 0 Å². The molecule has 104 valence electrons. The highest BCUT2D eigenvalue weighted by atomic mass is 16.2. The highest BCUT2D eigenvalue weighted by molar-refractivity contribution is 5.78. The Morgan fingerprint density at radius 3 is 2.44 bits per heavy atom. The SMILES string of the molecule is CCN(C(=O)CN1CCC(C)(NC)CC1)C1CC1. The van der Waals surface area contributed by atoms with E-state index in [9.17, 15) is 4.79 Å². The van der Waals surface area contributed by atoms with Crippen molar-refractivity contribution in [3.8, 4) is 0 Å². The summed E-state index contributed by atoms with van der Waals surface area (Å²) >= 11 is 0. The van der Waals surface area contributed by atoms with E-state index >= 15 is 0 Å². The predicted molar refractivity (Wildman–Crippen MR) is 73.5 cm³/mol. The van der Waals surface area contributed by atoms with Crippen LogP contribution in [0.15, 0.2) is 0 Å². The molecule has 0 unspecified atom stereocenters. The summed E-state index contributed by atoms with van der Waals surface area (Å²) in [4.78, 5) is 16.6. The fourth-order valence-electron chi connectivity index (χ4n) is 2.76. The van der Waals surface area contributed by atoms with E-state index in [0.717, 1.165) is 32.5 Å². The summed E-state index contributed by atoms with van der Waals surface area (Å²) < 4.78 is 0. The number of amides is 1. The molecule has 1 heterocycles. The van der Waals surface area contributed by atoms with Gasteiger partial charge < -0.3 is 10.2 Å². The van der Waals surface area contributed by atoms with Crippen molar-refractivity contribution in [3.05, 3.63) is 0 Å². The molecule has 0 aromatic rings. The summed E-state index contributed by atoms with van der Waals surface area (Å²) in [5.74, 6) is 0.327. The molecule has 1 saturated carbocycles. The third-order valence-corrected chi connectivity index (χ3v) is 4.57. The van der Waals surface area contributed by atoms with Crippen molar-refractivity contribution < 1.29 is 4.79 Å². The Morgan fingerprint density at radius 1 is 1.39 bits per heavy atom. The maximum Gasteiger partial charge on any atom is 0.236 e. The molecule has 0 atom stereocenters. The first-order valence-electron chi connectivity index (χ1n) is 7.29. The van der Waals surface area contributed by atoms with Crippen LogP contribution < -0.4 is 5.32 Å². The van der Waals surface area contributed by atoms with E-state index in [1.165, 1.54) is 12.8 Å². The number of hydrogen-bond acceptors (Lipinski definition) is 3. The second-order valence-corrected chi connectivity index (χ2v) is 6.00. The lowest BCUT2D eigenvalue weighted by Crippen LogP contribution is -2.52. The monoisotopic (exact) mass is 253 g/mol. The number of nitrogens with one attached hydrogen (secondary N) is 1. The molecule has 2 rings (SSSR count). The molecule has 4 nitrogen and oxygen atoms in total. The number of likely N-dealkylation sites (N-methyl/N-ethyl adjacent to an activating group) is 1. The maximum absolute atomic E-state index is 12.2. The third-order valence-electron chi connectivity index (χ3n) is 4.57. The van der Waals surface area contributed by atoms with Crippen molar-refractivity contribution in [1.29, 1.82) is 0 Å². The van der Waals surface area contributed by atoms with E-state index in [-0.39, 0.29) is 5.54 Å².